The van der Waals surface area contributed by atoms with Crippen LogP contribution in [0.5, 0.6) is 17.2 Å². The van der Waals surface area contributed by atoms with Crippen LogP contribution >= 0.6 is 0 Å². The Labute approximate surface area is 136 Å². The molecular formula is C19H23NO3. The monoisotopic (exact) mass is 313 g/mol. The zero-order valence-electron chi connectivity index (χ0n) is 13.6. The predicted octanol–water partition coefficient (Wildman–Crippen LogP) is 3.49. The Balaban J connectivity index is 1.82. The smallest absolute Gasteiger partial charge is 0.160 e. The van der Waals surface area contributed by atoms with E-state index in [0.717, 1.165) is 31.5 Å². The first-order valence-corrected chi connectivity index (χ1v) is 8.03. The number of nitrogens with zero attached hydrogens (tertiary/aromatic N) is 1. The SMILES string of the molecule is COc1cc2c(cc1O)N(CCc1ccc(O)cc1)C(C)CC2. The molecule has 1 aliphatic heterocycles. The summed E-state index contributed by atoms with van der Waals surface area (Å²) in [5, 5.41) is 19.5. The van der Waals surface area contributed by atoms with E-state index in [1.807, 2.05) is 24.3 Å². The number of methoxy groups -OCH3 is 1. The summed E-state index contributed by atoms with van der Waals surface area (Å²) in [6.07, 6.45) is 3.00. The average molecular weight is 313 g/mol. The van der Waals surface area contributed by atoms with E-state index in [1.54, 1.807) is 19.2 Å². The minimum Gasteiger partial charge on any atom is -0.508 e. The van der Waals surface area contributed by atoms with E-state index in [0.29, 0.717) is 17.5 Å². The first kappa shape index (κ1) is 15.5. The minimum absolute atomic E-state index is 0.190. The molecule has 1 aliphatic rings. The van der Waals surface area contributed by atoms with E-state index in [1.165, 1.54) is 11.1 Å². The molecular weight excluding hydrogens is 290 g/mol. The molecule has 0 aromatic heterocycles. The molecule has 4 heteroatoms. The molecule has 0 fully saturated rings. The van der Waals surface area contributed by atoms with Gasteiger partial charge in [0.15, 0.2) is 11.5 Å². The molecule has 0 bridgehead atoms. The molecule has 3 rings (SSSR count). The Kier molecular flexibility index (Phi) is 4.33. The molecule has 0 radical (unpaired) electrons. The molecule has 4 nitrogen and oxygen atoms in total. The number of anilines is 1. The highest BCUT2D eigenvalue weighted by molar-refractivity contribution is 5.63. The number of aromatic hydroxyl groups is 2. The molecule has 2 aromatic rings. The molecule has 2 N–H and O–H groups in total. The maximum absolute atomic E-state index is 10.1. The van der Waals surface area contributed by atoms with Gasteiger partial charge in [0.25, 0.3) is 0 Å². The van der Waals surface area contributed by atoms with Crippen molar-refractivity contribution < 1.29 is 14.9 Å². The summed E-state index contributed by atoms with van der Waals surface area (Å²) >= 11 is 0. The molecule has 0 saturated carbocycles. The number of phenols is 2. The summed E-state index contributed by atoms with van der Waals surface area (Å²) in [5.74, 6) is 1.02. The minimum atomic E-state index is 0.190. The van der Waals surface area contributed by atoms with Gasteiger partial charge in [-0.15, -0.1) is 0 Å². The van der Waals surface area contributed by atoms with Crippen molar-refractivity contribution in [2.24, 2.45) is 0 Å². The van der Waals surface area contributed by atoms with Crippen LogP contribution in [0.2, 0.25) is 0 Å². The lowest BCUT2D eigenvalue weighted by molar-refractivity contribution is 0.372. The van der Waals surface area contributed by atoms with Crippen LogP contribution in [0.1, 0.15) is 24.5 Å². The highest BCUT2D eigenvalue weighted by Crippen LogP contribution is 2.39. The number of benzene rings is 2. The predicted molar refractivity (Wildman–Crippen MR) is 91.6 cm³/mol. The van der Waals surface area contributed by atoms with E-state index in [2.05, 4.69) is 11.8 Å². The molecule has 1 unspecified atom stereocenters. The summed E-state index contributed by atoms with van der Waals surface area (Å²) in [4.78, 5) is 2.35. The third-order valence-electron chi connectivity index (χ3n) is 4.63. The summed E-state index contributed by atoms with van der Waals surface area (Å²) in [6.45, 7) is 3.10. The highest BCUT2D eigenvalue weighted by Gasteiger charge is 2.24. The number of hydrogen-bond acceptors (Lipinski definition) is 4. The number of aryl methyl sites for hydroxylation is 1. The second kappa shape index (κ2) is 6.41. The Hall–Kier alpha value is -2.36. The number of phenolic OH excluding ortho intramolecular Hbond substituents is 2. The average Bonchev–Trinajstić information content (AvgIpc) is 2.55. The van der Waals surface area contributed by atoms with Gasteiger partial charge < -0.3 is 19.8 Å². The van der Waals surface area contributed by atoms with Gasteiger partial charge in [-0.25, -0.2) is 0 Å². The van der Waals surface area contributed by atoms with Gasteiger partial charge in [-0.1, -0.05) is 12.1 Å². The highest BCUT2D eigenvalue weighted by atomic mass is 16.5. The van der Waals surface area contributed by atoms with Crippen LogP contribution in [-0.2, 0) is 12.8 Å². The molecule has 2 aromatic carbocycles. The molecule has 1 atom stereocenters. The standard InChI is InChI=1S/C19H23NO3/c1-13-3-6-15-11-19(23-2)18(22)12-17(15)20(13)10-9-14-4-7-16(21)8-5-14/h4-5,7-8,11-13,21-22H,3,6,9-10H2,1-2H3. The topological polar surface area (TPSA) is 52.9 Å². The zero-order chi connectivity index (χ0) is 16.4. The lowest BCUT2D eigenvalue weighted by Gasteiger charge is -2.37. The van der Waals surface area contributed by atoms with E-state index in [9.17, 15) is 10.2 Å². The number of ether oxygens (including phenoxy) is 1. The Morgan fingerprint density at radius 2 is 1.91 bits per heavy atom. The quantitative estimate of drug-likeness (QED) is 0.907. The fourth-order valence-electron chi connectivity index (χ4n) is 3.24. The van der Waals surface area contributed by atoms with Gasteiger partial charge >= 0.3 is 0 Å². The Bertz CT molecular complexity index is 682. The molecule has 0 aliphatic carbocycles. The van der Waals surface area contributed by atoms with E-state index >= 15 is 0 Å². The van der Waals surface area contributed by atoms with Crippen molar-refractivity contribution in [1.29, 1.82) is 0 Å². The van der Waals surface area contributed by atoms with Gasteiger partial charge in [0.1, 0.15) is 5.75 Å². The van der Waals surface area contributed by atoms with Crippen molar-refractivity contribution in [3.8, 4) is 17.2 Å². The zero-order valence-corrected chi connectivity index (χ0v) is 13.6. The van der Waals surface area contributed by atoms with Crippen molar-refractivity contribution in [3.63, 3.8) is 0 Å². The summed E-state index contributed by atoms with van der Waals surface area (Å²) < 4.78 is 5.22. The Morgan fingerprint density at radius 1 is 1.17 bits per heavy atom. The van der Waals surface area contributed by atoms with E-state index in [-0.39, 0.29) is 5.75 Å². The first-order valence-electron chi connectivity index (χ1n) is 8.03. The van der Waals surface area contributed by atoms with Crippen LogP contribution in [0.3, 0.4) is 0 Å². The number of hydrogen-bond donors (Lipinski definition) is 2. The van der Waals surface area contributed by atoms with Crippen molar-refractivity contribution >= 4 is 5.69 Å². The molecule has 122 valence electrons. The lowest BCUT2D eigenvalue weighted by Crippen LogP contribution is -2.38. The van der Waals surface area contributed by atoms with Crippen LogP contribution < -0.4 is 9.64 Å². The molecule has 0 saturated heterocycles. The fraction of sp³-hybridized carbons (Fsp3) is 0.368. The van der Waals surface area contributed by atoms with Crippen LogP contribution in [0.25, 0.3) is 0 Å². The van der Waals surface area contributed by atoms with Crippen molar-refractivity contribution in [3.05, 3.63) is 47.5 Å². The van der Waals surface area contributed by atoms with Gasteiger partial charge in [0.05, 0.1) is 7.11 Å². The van der Waals surface area contributed by atoms with Crippen molar-refractivity contribution in [1.82, 2.24) is 0 Å². The van der Waals surface area contributed by atoms with Gasteiger partial charge in [-0.05, 0) is 55.5 Å². The van der Waals surface area contributed by atoms with Gasteiger partial charge in [0, 0.05) is 24.3 Å². The lowest BCUT2D eigenvalue weighted by atomic mass is 9.95. The number of fused-ring (bicyclic) bond motifs is 1. The molecule has 0 spiro atoms. The van der Waals surface area contributed by atoms with Crippen molar-refractivity contribution in [2.75, 3.05) is 18.6 Å². The van der Waals surface area contributed by atoms with Gasteiger partial charge in [-0.3, -0.25) is 0 Å². The molecule has 0 amide bonds. The number of rotatable bonds is 4. The van der Waals surface area contributed by atoms with E-state index in [4.69, 9.17) is 4.74 Å². The van der Waals surface area contributed by atoms with Crippen molar-refractivity contribution in [2.45, 2.75) is 32.2 Å². The normalized spacial score (nSPS) is 17.0. The fourth-order valence-corrected chi connectivity index (χ4v) is 3.24. The summed E-state index contributed by atoms with van der Waals surface area (Å²) in [5.41, 5.74) is 3.52. The largest absolute Gasteiger partial charge is 0.508 e. The molecule has 1 heterocycles. The summed E-state index contributed by atoms with van der Waals surface area (Å²) in [7, 11) is 1.58. The van der Waals surface area contributed by atoms with Crippen LogP contribution in [0.15, 0.2) is 36.4 Å². The van der Waals surface area contributed by atoms with Gasteiger partial charge in [0.2, 0.25) is 0 Å². The maximum Gasteiger partial charge on any atom is 0.160 e. The second-order valence-corrected chi connectivity index (χ2v) is 6.15. The molecule has 23 heavy (non-hydrogen) atoms. The first-order chi connectivity index (χ1) is 11.1. The van der Waals surface area contributed by atoms with E-state index < -0.39 is 0 Å². The van der Waals surface area contributed by atoms with Crippen LogP contribution in [0.4, 0.5) is 5.69 Å². The van der Waals surface area contributed by atoms with Crippen LogP contribution in [-0.4, -0.2) is 29.9 Å². The van der Waals surface area contributed by atoms with Crippen LogP contribution in [0, 0.1) is 0 Å². The Morgan fingerprint density at radius 3 is 2.61 bits per heavy atom. The summed E-state index contributed by atoms with van der Waals surface area (Å²) in [6, 6.07) is 11.6. The van der Waals surface area contributed by atoms with Gasteiger partial charge in [-0.2, -0.15) is 0 Å². The third-order valence-corrected chi connectivity index (χ3v) is 4.63. The maximum atomic E-state index is 10.1. The third kappa shape index (κ3) is 3.21. The second-order valence-electron chi connectivity index (χ2n) is 6.15.